The van der Waals surface area contributed by atoms with Crippen molar-refractivity contribution in [3.8, 4) is 5.75 Å². The van der Waals surface area contributed by atoms with Crippen LogP contribution in [0, 0.1) is 23.1 Å². The molecule has 0 spiro atoms. The number of anilines is 2. The van der Waals surface area contributed by atoms with Crippen molar-refractivity contribution >= 4 is 38.9 Å². The van der Waals surface area contributed by atoms with E-state index in [-0.39, 0.29) is 47.3 Å². The van der Waals surface area contributed by atoms with Crippen molar-refractivity contribution in [3.05, 3.63) is 52.8 Å². The second kappa shape index (κ2) is 12.5. The Morgan fingerprint density at radius 3 is 2.65 bits per heavy atom. The normalized spacial score (nSPS) is 29.9. The molecule has 1 amide bonds. The Morgan fingerprint density at radius 2 is 1.93 bits per heavy atom. The second-order valence-corrected chi connectivity index (χ2v) is 14.9. The van der Waals surface area contributed by atoms with Crippen LogP contribution in [0.5, 0.6) is 5.75 Å². The van der Waals surface area contributed by atoms with Gasteiger partial charge in [-0.25, -0.2) is 21.6 Å². The summed E-state index contributed by atoms with van der Waals surface area (Å²) >= 11 is 6.06. The topological polar surface area (TPSA) is 87.7 Å². The van der Waals surface area contributed by atoms with Gasteiger partial charge in [0.1, 0.15) is 17.7 Å². The van der Waals surface area contributed by atoms with Gasteiger partial charge in [0.2, 0.25) is 16.4 Å². The molecule has 2 N–H and O–H groups in total. The lowest BCUT2D eigenvalue weighted by atomic mass is 9.60. The summed E-state index contributed by atoms with van der Waals surface area (Å²) in [6, 6.07) is 7.98. The number of fused-ring (bicyclic) bond motifs is 2. The molecule has 2 aliphatic heterocycles. The largest absolute Gasteiger partial charge is 0.487 e. The van der Waals surface area contributed by atoms with Gasteiger partial charge in [-0.2, -0.15) is 0 Å². The summed E-state index contributed by atoms with van der Waals surface area (Å²) in [5.41, 5.74) is -0.457. The quantitative estimate of drug-likeness (QED) is 0.372. The van der Waals surface area contributed by atoms with Crippen LogP contribution in [0.3, 0.4) is 0 Å². The van der Waals surface area contributed by atoms with E-state index in [9.17, 15) is 26.4 Å². The van der Waals surface area contributed by atoms with Gasteiger partial charge in [0.05, 0.1) is 28.1 Å². The Labute approximate surface area is 256 Å². The molecule has 2 aromatic carbocycles. The fraction of sp³-hybridized carbons (Fsp3) is 0.581. The molecule has 43 heavy (non-hydrogen) atoms. The second-order valence-electron chi connectivity index (χ2n) is 12.4. The first-order valence-electron chi connectivity index (χ1n) is 14.9. The van der Waals surface area contributed by atoms with Crippen molar-refractivity contribution in [2.45, 2.75) is 83.1 Å². The molecule has 1 aliphatic carbocycles. The number of sulfonamides is 1. The number of halogens is 4. The maximum absolute atomic E-state index is 14.6. The molecule has 7 nitrogen and oxygen atoms in total. The highest BCUT2D eigenvalue weighted by Crippen LogP contribution is 2.51. The first-order valence-corrected chi connectivity index (χ1v) is 16.8. The van der Waals surface area contributed by atoms with E-state index in [2.05, 4.69) is 10.6 Å². The van der Waals surface area contributed by atoms with Gasteiger partial charge >= 0.3 is 0 Å². The molecule has 1 saturated heterocycles. The minimum Gasteiger partial charge on any atom is -0.487 e. The number of benzene rings is 2. The van der Waals surface area contributed by atoms with Crippen LogP contribution in [0.2, 0.25) is 5.02 Å². The van der Waals surface area contributed by atoms with Gasteiger partial charge in [0.25, 0.3) is 5.91 Å². The van der Waals surface area contributed by atoms with Crippen molar-refractivity contribution in [1.29, 1.82) is 0 Å². The Morgan fingerprint density at radius 1 is 1.16 bits per heavy atom. The number of hydrogen-bond acceptors (Lipinski definition) is 5. The summed E-state index contributed by atoms with van der Waals surface area (Å²) in [5, 5.41) is 4.99. The zero-order chi connectivity index (χ0) is 31.1. The van der Waals surface area contributed by atoms with Gasteiger partial charge in [0, 0.05) is 17.6 Å². The number of nitrogens with zero attached hydrogens (tertiary/aromatic N) is 1. The van der Waals surface area contributed by atoms with Gasteiger partial charge < -0.3 is 15.4 Å². The first-order chi connectivity index (χ1) is 20.3. The third-order valence-electron chi connectivity index (χ3n) is 9.72. The molecule has 2 heterocycles. The molecule has 1 saturated carbocycles. The standard InChI is InChI=1S/C31H39ClF3N3O4S/c1-18-17-38(25-15-21(10-12-26(25)42-18)37-30(39)28-23(32)8-6-9-24(28)33)43(40,41)27-13-11-22(29(34)35)31(3)14-5-4-7-20(31)16-36-19(27)2/h6,8-10,12,15,18-20,22,27,29,36H,4-5,7,11,13-14,16-17H2,1-3H3,(H,37,39). The van der Waals surface area contributed by atoms with Gasteiger partial charge in [0.15, 0.2) is 0 Å². The van der Waals surface area contributed by atoms with E-state index in [1.807, 2.05) is 13.8 Å². The minimum absolute atomic E-state index is 0.00765. The summed E-state index contributed by atoms with van der Waals surface area (Å²) in [6.07, 6.45) is 0.606. The van der Waals surface area contributed by atoms with Gasteiger partial charge in [-0.3, -0.25) is 9.10 Å². The van der Waals surface area contributed by atoms with E-state index in [1.54, 1.807) is 13.0 Å². The number of ether oxygens (including phenoxy) is 1. The predicted octanol–water partition coefficient (Wildman–Crippen LogP) is 6.87. The van der Waals surface area contributed by atoms with Crippen molar-refractivity contribution in [2.75, 3.05) is 22.7 Å². The van der Waals surface area contributed by atoms with Crippen LogP contribution >= 0.6 is 11.6 Å². The molecule has 6 unspecified atom stereocenters. The fourth-order valence-corrected chi connectivity index (χ4v) is 9.70. The molecular formula is C31H39ClF3N3O4S. The highest BCUT2D eigenvalue weighted by Gasteiger charge is 2.49. The lowest BCUT2D eigenvalue weighted by molar-refractivity contribution is -0.0537. The SMILES string of the molecule is CC1CN(S(=O)(=O)C2CCC(C(F)F)C3(C)CCCCC3CNC2C)c2cc(NC(=O)c3c(F)cccc3Cl)ccc2O1. The molecule has 2 aromatic rings. The summed E-state index contributed by atoms with van der Waals surface area (Å²) in [5.74, 6) is -2.13. The maximum Gasteiger partial charge on any atom is 0.260 e. The number of nitrogens with one attached hydrogen (secondary N) is 2. The smallest absolute Gasteiger partial charge is 0.260 e. The molecule has 5 rings (SSSR count). The third kappa shape index (κ3) is 6.22. The Bertz CT molecular complexity index is 1440. The molecular weight excluding hydrogens is 603 g/mol. The predicted molar refractivity (Wildman–Crippen MR) is 162 cm³/mol. The van der Waals surface area contributed by atoms with Crippen LogP contribution in [-0.2, 0) is 10.0 Å². The van der Waals surface area contributed by atoms with Crippen LogP contribution in [-0.4, -0.2) is 51.2 Å². The van der Waals surface area contributed by atoms with E-state index in [1.165, 1.54) is 28.6 Å². The van der Waals surface area contributed by atoms with Crippen LogP contribution in [0.4, 0.5) is 24.5 Å². The molecule has 3 aliphatic rings. The van der Waals surface area contributed by atoms with Crippen molar-refractivity contribution in [2.24, 2.45) is 17.3 Å². The fourth-order valence-electron chi connectivity index (χ4n) is 7.25. The van der Waals surface area contributed by atoms with Crippen molar-refractivity contribution in [1.82, 2.24) is 5.32 Å². The zero-order valence-corrected chi connectivity index (χ0v) is 26.2. The number of rotatable bonds is 5. The molecule has 12 heteroatoms. The zero-order valence-electron chi connectivity index (χ0n) is 24.6. The Balaban J connectivity index is 1.46. The highest BCUT2D eigenvalue weighted by molar-refractivity contribution is 7.93. The summed E-state index contributed by atoms with van der Waals surface area (Å²) < 4.78 is 79.6. The number of carbonyl (C=O) groups excluding carboxylic acids is 1. The van der Waals surface area contributed by atoms with Crippen LogP contribution in [0.25, 0.3) is 0 Å². The molecule has 0 bridgehead atoms. The Kier molecular flexibility index (Phi) is 9.26. The highest BCUT2D eigenvalue weighted by atomic mass is 35.5. The van der Waals surface area contributed by atoms with Gasteiger partial charge in [-0.15, -0.1) is 0 Å². The summed E-state index contributed by atoms with van der Waals surface area (Å²) in [7, 11) is -4.10. The third-order valence-corrected chi connectivity index (χ3v) is 12.4. The van der Waals surface area contributed by atoms with E-state index in [0.717, 1.165) is 25.3 Å². The number of hydrogen-bond donors (Lipinski definition) is 2. The van der Waals surface area contributed by atoms with Crippen molar-refractivity contribution in [3.63, 3.8) is 0 Å². The summed E-state index contributed by atoms with van der Waals surface area (Å²) in [4.78, 5) is 12.9. The van der Waals surface area contributed by atoms with E-state index < -0.39 is 56.9 Å². The van der Waals surface area contributed by atoms with Crippen LogP contribution in [0.1, 0.15) is 69.7 Å². The van der Waals surface area contributed by atoms with E-state index in [0.29, 0.717) is 18.7 Å². The average molecular weight is 642 g/mol. The van der Waals surface area contributed by atoms with Crippen molar-refractivity contribution < 1.29 is 31.1 Å². The summed E-state index contributed by atoms with van der Waals surface area (Å²) in [6.45, 7) is 6.01. The lowest BCUT2D eigenvalue weighted by Crippen LogP contribution is -2.52. The van der Waals surface area contributed by atoms with E-state index in [4.69, 9.17) is 16.3 Å². The minimum atomic E-state index is -4.10. The molecule has 2 fully saturated rings. The van der Waals surface area contributed by atoms with Crippen LogP contribution in [0.15, 0.2) is 36.4 Å². The lowest BCUT2D eigenvalue weighted by Gasteiger charge is -2.46. The molecule has 6 atom stereocenters. The van der Waals surface area contributed by atoms with Gasteiger partial charge in [-0.1, -0.05) is 37.4 Å². The number of alkyl halides is 2. The van der Waals surface area contributed by atoms with Gasteiger partial charge in [-0.05, 0) is 87.7 Å². The average Bonchev–Trinajstić information content (AvgIpc) is 2.99. The van der Waals surface area contributed by atoms with Crippen LogP contribution < -0.4 is 19.7 Å². The maximum atomic E-state index is 14.6. The molecule has 236 valence electrons. The monoisotopic (exact) mass is 641 g/mol. The molecule has 0 aromatic heterocycles. The number of carbonyl (C=O) groups is 1. The van der Waals surface area contributed by atoms with E-state index >= 15 is 0 Å². The first kappa shape index (κ1) is 31.9. The Hall–Kier alpha value is -2.50. The molecule has 0 radical (unpaired) electrons. The number of amides is 1.